The van der Waals surface area contributed by atoms with Crippen molar-refractivity contribution in [2.45, 2.75) is 33.4 Å². The molecule has 0 fully saturated rings. The van der Waals surface area contributed by atoms with Crippen LogP contribution in [-0.2, 0) is 16.1 Å². The van der Waals surface area contributed by atoms with E-state index >= 15 is 0 Å². The van der Waals surface area contributed by atoms with Crippen LogP contribution < -0.4 is 10.1 Å². The van der Waals surface area contributed by atoms with Gasteiger partial charge in [-0.3, -0.25) is 9.59 Å². The molecule has 2 rings (SSSR count). The first-order valence-electron chi connectivity index (χ1n) is 9.47. The lowest BCUT2D eigenvalue weighted by atomic mass is 10.1. The second-order valence-corrected chi connectivity index (χ2v) is 8.02. The molecule has 29 heavy (non-hydrogen) atoms. The van der Waals surface area contributed by atoms with E-state index in [0.29, 0.717) is 28.3 Å². The third-order valence-corrected chi connectivity index (χ3v) is 4.91. The number of amides is 2. The smallest absolute Gasteiger partial charge is 0.261 e. The number of benzene rings is 2. The minimum atomic E-state index is -0.680. The Labute approximate surface area is 181 Å². The first kappa shape index (κ1) is 23.0. The van der Waals surface area contributed by atoms with Gasteiger partial charge in [-0.1, -0.05) is 61.3 Å². The van der Waals surface area contributed by atoms with Crippen molar-refractivity contribution in [3.05, 3.63) is 64.1 Å². The molecule has 0 unspecified atom stereocenters. The van der Waals surface area contributed by atoms with Gasteiger partial charge in [-0.05, 0) is 42.7 Å². The lowest BCUT2D eigenvalue weighted by Gasteiger charge is -2.29. The van der Waals surface area contributed by atoms with E-state index in [1.54, 1.807) is 37.3 Å². The zero-order chi connectivity index (χ0) is 21.4. The van der Waals surface area contributed by atoms with Crippen LogP contribution in [0.5, 0.6) is 5.75 Å². The van der Waals surface area contributed by atoms with Gasteiger partial charge in [0.2, 0.25) is 5.91 Å². The monoisotopic (exact) mass is 436 g/mol. The molecule has 0 aliphatic carbocycles. The highest BCUT2D eigenvalue weighted by Crippen LogP contribution is 2.20. The highest BCUT2D eigenvalue weighted by atomic mass is 35.5. The van der Waals surface area contributed by atoms with Crippen molar-refractivity contribution in [1.29, 1.82) is 0 Å². The maximum absolute atomic E-state index is 12.9. The molecule has 5 nitrogen and oxygen atoms in total. The first-order chi connectivity index (χ1) is 13.8. The molecule has 2 amide bonds. The highest BCUT2D eigenvalue weighted by Gasteiger charge is 2.27. The lowest BCUT2D eigenvalue weighted by Crippen LogP contribution is -2.49. The van der Waals surface area contributed by atoms with Crippen molar-refractivity contribution < 1.29 is 14.3 Å². The van der Waals surface area contributed by atoms with Gasteiger partial charge >= 0.3 is 0 Å². The van der Waals surface area contributed by atoms with E-state index in [9.17, 15) is 9.59 Å². The molecule has 0 saturated heterocycles. The SMILES string of the molecule is CC(C)CNC(=O)[C@@H](C)N(Cc1ccccc1Cl)C(=O)COc1cccc(Cl)c1. The number of nitrogens with zero attached hydrogens (tertiary/aromatic N) is 1. The van der Waals surface area contributed by atoms with Gasteiger partial charge in [0.15, 0.2) is 6.61 Å². The zero-order valence-electron chi connectivity index (χ0n) is 16.8. The molecule has 0 saturated carbocycles. The van der Waals surface area contributed by atoms with Crippen LogP contribution in [0.1, 0.15) is 26.3 Å². The number of hydrogen-bond donors (Lipinski definition) is 1. The summed E-state index contributed by atoms with van der Waals surface area (Å²) in [7, 11) is 0. The first-order valence-corrected chi connectivity index (χ1v) is 10.2. The normalized spacial score (nSPS) is 11.8. The van der Waals surface area contributed by atoms with Crippen molar-refractivity contribution >= 4 is 35.0 Å². The fourth-order valence-electron chi connectivity index (χ4n) is 2.63. The van der Waals surface area contributed by atoms with Gasteiger partial charge < -0.3 is 15.0 Å². The third-order valence-electron chi connectivity index (χ3n) is 4.31. The number of nitrogens with one attached hydrogen (secondary N) is 1. The molecule has 0 aliphatic heterocycles. The van der Waals surface area contributed by atoms with Crippen LogP contribution in [0.3, 0.4) is 0 Å². The van der Waals surface area contributed by atoms with E-state index in [-0.39, 0.29) is 25.0 Å². The number of carbonyl (C=O) groups excluding carboxylic acids is 2. The Morgan fingerprint density at radius 1 is 1.07 bits per heavy atom. The van der Waals surface area contributed by atoms with Gasteiger partial charge in [-0.15, -0.1) is 0 Å². The van der Waals surface area contributed by atoms with Crippen molar-refractivity contribution in [2.24, 2.45) is 5.92 Å². The van der Waals surface area contributed by atoms with Gasteiger partial charge in [0, 0.05) is 23.1 Å². The second-order valence-electron chi connectivity index (χ2n) is 7.17. The number of hydrogen-bond acceptors (Lipinski definition) is 3. The predicted molar refractivity (Wildman–Crippen MR) is 116 cm³/mol. The zero-order valence-corrected chi connectivity index (χ0v) is 18.3. The summed E-state index contributed by atoms with van der Waals surface area (Å²) in [5, 5.41) is 3.93. The van der Waals surface area contributed by atoms with Gasteiger partial charge in [-0.25, -0.2) is 0 Å². The molecule has 156 valence electrons. The Kier molecular flexibility index (Phi) is 8.80. The summed E-state index contributed by atoms with van der Waals surface area (Å²) in [5.74, 6) is 0.254. The molecule has 0 aromatic heterocycles. The lowest BCUT2D eigenvalue weighted by molar-refractivity contribution is -0.142. The highest BCUT2D eigenvalue weighted by molar-refractivity contribution is 6.31. The second kappa shape index (κ2) is 11.1. The minimum absolute atomic E-state index is 0.202. The quantitative estimate of drug-likeness (QED) is 0.626. The molecule has 1 atom stereocenters. The Bertz CT molecular complexity index is 842. The van der Waals surface area contributed by atoms with Gasteiger partial charge in [0.25, 0.3) is 5.91 Å². The maximum atomic E-state index is 12.9. The van der Waals surface area contributed by atoms with Crippen molar-refractivity contribution in [2.75, 3.05) is 13.2 Å². The number of halogens is 2. The van der Waals surface area contributed by atoms with Crippen LogP contribution in [0.15, 0.2) is 48.5 Å². The van der Waals surface area contributed by atoms with E-state index in [2.05, 4.69) is 5.32 Å². The van der Waals surface area contributed by atoms with E-state index in [1.165, 1.54) is 4.90 Å². The van der Waals surface area contributed by atoms with E-state index in [1.807, 2.05) is 32.0 Å². The van der Waals surface area contributed by atoms with Crippen LogP contribution in [0.25, 0.3) is 0 Å². The van der Waals surface area contributed by atoms with Crippen molar-refractivity contribution in [3.8, 4) is 5.75 Å². The standard InChI is InChI=1S/C22H26Cl2N2O3/c1-15(2)12-25-22(28)16(3)26(13-17-7-4-5-10-20(17)24)21(27)14-29-19-9-6-8-18(23)11-19/h4-11,15-16H,12-14H2,1-3H3,(H,25,28)/t16-/m1/s1. The van der Waals surface area contributed by atoms with Gasteiger partial charge in [-0.2, -0.15) is 0 Å². The van der Waals surface area contributed by atoms with Crippen LogP contribution in [0, 0.1) is 5.92 Å². The molecule has 0 bridgehead atoms. The summed E-state index contributed by atoms with van der Waals surface area (Å²) in [6.07, 6.45) is 0. The number of rotatable bonds is 9. The molecule has 0 radical (unpaired) electrons. The van der Waals surface area contributed by atoms with Crippen LogP contribution in [-0.4, -0.2) is 35.9 Å². The molecule has 1 N–H and O–H groups in total. The average Bonchev–Trinajstić information content (AvgIpc) is 2.69. The molecular formula is C22H26Cl2N2O3. The van der Waals surface area contributed by atoms with Crippen LogP contribution >= 0.6 is 23.2 Å². The van der Waals surface area contributed by atoms with Crippen LogP contribution in [0.4, 0.5) is 0 Å². The molecule has 0 aliphatic rings. The Balaban J connectivity index is 2.14. The minimum Gasteiger partial charge on any atom is -0.484 e. The predicted octanol–water partition coefficient (Wildman–Crippen LogP) is 4.56. The van der Waals surface area contributed by atoms with E-state index in [0.717, 1.165) is 5.56 Å². The van der Waals surface area contributed by atoms with Crippen molar-refractivity contribution in [1.82, 2.24) is 10.2 Å². The third kappa shape index (κ3) is 7.26. The van der Waals surface area contributed by atoms with Crippen molar-refractivity contribution in [3.63, 3.8) is 0 Å². The summed E-state index contributed by atoms with van der Waals surface area (Å²) >= 11 is 12.2. The topological polar surface area (TPSA) is 58.6 Å². The number of carbonyl (C=O) groups is 2. The summed E-state index contributed by atoms with van der Waals surface area (Å²) in [6.45, 7) is 6.24. The molecule has 2 aromatic rings. The van der Waals surface area contributed by atoms with E-state index < -0.39 is 6.04 Å². The largest absolute Gasteiger partial charge is 0.484 e. The number of ether oxygens (including phenoxy) is 1. The maximum Gasteiger partial charge on any atom is 0.261 e. The van der Waals surface area contributed by atoms with E-state index in [4.69, 9.17) is 27.9 Å². The molecule has 2 aromatic carbocycles. The fourth-order valence-corrected chi connectivity index (χ4v) is 3.01. The Hall–Kier alpha value is -2.24. The molecule has 0 spiro atoms. The Morgan fingerprint density at radius 3 is 2.45 bits per heavy atom. The molecular weight excluding hydrogens is 411 g/mol. The van der Waals surface area contributed by atoms with Gasteiger partial charge in [0.1, 0.15) is 11.8 Å². The summed E-state index contributed by atoms with van der Waals surface area (Å²) in [5.41, 5.74) is 0.758. The molecule has 0 heterocycles. The van der Waals surface area contributed by atoms with Crippen LogP contribution in [0.2, 0.25) is 10.0 Å². The summed E-state index contributed by atoms with van der Waals surface area (Å²) < 4.78 is 5.59. The Morgan fingerprint density at radius 2 is 1.79 bits per heavy atom. The fraction of sp³-hybridized carbons (Fsp3) is 0.364. The average molecular weight is 437 g/mol. The summed E-state index contributed by atoms with van der Waals surface area (Å²) in [4.78, 5) is 27.0. The molecule has 7 heteroatoms. The summed E-state index contributed by atoms with van der Waals surface area (Å²) in [6, 6.07) is 13.4. The van der Waals surface area contributed by atoms with Gasteiger partial charge in [0.05, 0.1) is 0 Å².